The molecular formula is C18H25BrN4O. The fraction of sp³-hybridized carbons (Fsp3) is 0.611. The van der Waals surface area contributed by atoms with Gasteiger partial charge in [0.2, 0.25) is 0 Å². The monoisotopic (exact) mass is 392 g/mol. The van der Waals surface area contributed by atoms with Gasteiger partial charge in [-0.1, -0.05) is 20.8 Å². The van der Waals surface area contributed by atoms with Gasteiger partial charge in [-0.05, 0) is 54.2 Å². The van der Waals surface area contributed by atoms with Gasteiger partial charge in [0.15, 0.2) is 5.82 Å². The van der Waals surface area contributed by atoms with E-state index in [2.05, 4.69) is 50.8 Å². The maximum atomic E-state index is 12.6. The minimum Gasteiger partial charge on any atom is -0.352 e. The van der Waals surface area contributed by atoms with Gasteiger partial charge >= 0.3 is 0 Å². The van der Waals surface area contributed by atoms with Crippen molar-refractivity contribution in [1.82, 2.24) is 14.6 Å². The summed E-state index contributed by atoms with van der Waals surface area (Å²) in [5.74, 6) is 1.49. The average Bonchev–Trinajstić information content (AvgIpc) is 2.80. The smallest absolute Gasteiger partial charge is 0.157 e. The lowest BCUT2D eigenvalue weighted by Crippen LogP contribution is -2.45. The number of Topliss-reactive ketones (excluding diaryl/α,β-unsaturated/α-hetero) is 1. The highest BCUT2D eigenvalue weighted by atomic mass is 79.9. The number of aryl methyl sites for hydroxylation is 1. The lowest BCUT2D eigenvalue weighted by Gasteiger charge is -2.39. The molecular weight excluding hydrogens is 368 g/mol. The van der Waals surface area contributed by atoms with E-state index >= 15 is 0 Å². The third-order valence-electron chi connectivity index (χ3n) is 4.94. The molecule has 1 aliphatic rings. The SMILES string of the molecule is Cc1cc(Br)n2ncnc(N3CC[C@H](C(=O)C(C)(C)C)C[C@@H]3C)c12. The summed E-state index contributed by atoms with van der Waals surface area (Å²) in [4.78, 5) is 19.5. The number of anilines is 1. The molecule has 0 aliphatic carbocycles. The van der Waals surface area contributed by atoms with Crippen molar-refractivity contribution in [1.29, 1.82) is 0 Å². The van der Waals surface area contributed by atoms with Gasteiger partial charge < -0.3 is 4.90 Å². The topological polar surface area (TPSA) is 50.5 Å². The number of hydrogen-bond donors (Lipinski definition) is 0. The first-order valence-corrected chi connectivity index (χ1v) is 9.29. The van der Waals surface area contributed by atoms with Crippen molar-refractivity contribution in [3.05, 3.63) is 22.6 Å². The van der Waals surface area contributed by atoms with Crippen LogP contribution in [-0.2, 0) is 4.79 Å². The molecule has 5 nitrogen and oxygen atoms in total. The van der Waals surface area contributed by atoms with Gasteiger partial charge in [0, 0.05) is 23.9 Å². The van der Waals surface area contributed by atoms with Crippen molar-refractivity contribution >= 4 is 33.0 Å². The maximum Gasteiger partial charge on any atom is 0.157 e. The van der Waals surface area contributed by atoms with Crippen LogP contribution >= 0.6 is 15.9 Å². The molecule has 0 spiro atoms. The number of ketones is 1. The van der Waals surface area contributed by atoms with Gasteiger partial charge in [0.1, 0.15) is 22.2 Å². The Kier molecular flexibility index (Phi) is 4.45. The van der Waals surface area contributed by atoms with Crippen LogP contribution in [-0.4, -0.2) is 33.0 Å². The summed E-state index contributed by atoms with van der Waals surface area (Å²) in [6.45, 7) is 11.2. The molecule has 0 bridgehead atoms. The summed E-state index contributed by atoms with van der Waals surface area (Å²) in [5.41, 5.74) is 1.92. The summed E-state index contributed by atoms with van der Waals surface area (Å²) in [6, 6.07) is 2.34. The van der Waals surface area contributed by atoms with Crippen molar-refractivity contribution in [2.45, 2.75) is 53.5 Å². The number of piperidine rings is 1. The van der Waals surface area contributed by atoms with Crippen LogP contribution in [0.2, 0.25) is 0 Å². The molecule has 0 saturated carbocycles. The van der Waals surface area contributed by atoms with E-state index < -0.39 is 0 Å². The number of carbonyl (C=O) groups is 1. The Bertz CT molecular complexity index is 777. The van der Waals surface area contributed by atoms with Crippen LogP contribution < -0.4 is 4.90 Å². The molecule has 2 aromatic rings. The van der Waals surface area contributed by atoms with Gasteiger partial charge in [-0.2, -0.15) is 5.10 Å². The van der Waals surface area contributed by atoms with Gasteiger partial charge in [-0.3, -0.25) is 4.79 Å². The van der Waals surface area contributed by atoms with Crippen molar-refractivity contribution in [3.8, 4) is 0 Å². The molecule has 130 valence electrons. The van der Waals surface area contributed by atoms with Crippen LogP contribution in [0.15, 0.2) is 17.0 Å². The third kappa shape index (κ3) is 2.96. The highest BCUT2D eigenvalue weighted by molar-refractivity contribution is 9.10. The first-order chi connectivity index (χ1) is 11.2. The summed E-state index contributed by atoms with van der Waals surface area (Å²) < 4.78 is 2.82. The molecule has 1 fully saturated rings. The quantitative estimate of drug-likeness (QED) is 0.774. The molecule has 0 unspecified atom stereocenters. The Morgan fingerprint density at radius 2 is 2.08 bits per heavy atom. The molecule has 1 saturated heterocycles. The van der Waals surface area contributed by atoms with E-state index in [0.717, 1.165) is 40.9 Å². The second kappa shape index (κ2) is 6.14. The number of halogens is 1. The van der Waals surface area contributed by atoms with Crippen LogP contribution in [0.4, 0.5) is 5.82 Å². The number of rotatable bonds is 2. The van der Waals surface area contributed by atoms with E-state index in [4.69, 9.17) is 0 Å². The zero-order valence-electron chi connectivity index (χ0n) is 15.0. The standard InChI is InChI=1S/C18H25BrN4O/c1-11-8-14(19)23-15(11)17(20-10-21-23)22-7-6-13(9-12(22)2)16(24)18(3,4)5/h8,10,12-13H,6-7,9H2,1-5H3/t12-,13-/m0/s1. The first kappa shape index (κ1) is 17.4. The Hall–Kier alpha value is -1.43. The minimum atomic E-state index is -0.266. The lowest BCUT2D eigenvalue weighted by atomic mass is 9.77. The molecule has 0 amide bonds. The fourth-order valence-corrected chi connectivity index (χ4v) is 4.32. The fourth-order valence-electron chi connectivity index (χ4n) is 3.71. The number of fused-ring (bicyclic) bond motifs is 1. The van der Waals surface area contributed by atoms with Gasteiger partial charge in [0.05, 0.1) is 0 Å². The van der Waals surface area contributed by atoms with Crippen LogP contribution in [0.1, 0.15) is 46.1 Å². The zero-order valence-corrected chi connectivity index (χ0v) is 16.6. The van der Waals surface area contributed by atoms with E-state index in [-0.39, 0.29) is 17.4 Å². The molecule has 3 heterocycles. The molecule has 6 heteroatoms. The molecule has 24 heavy (non-hydrogen) atoms. The summed E-state index contributed by atoms with van der Waals surface area (Å²) >= 11 is 3.55. The Morgan fingerprint density at radius 1 is 1.38 bits per heavy atom. The number of nitrogens with zero attached hydrogens (tertiary/aromatic N) is 4. The number of hydrogen-bond acceptors (Lipinski definition) is 4. The number of aromatic nitrogens is 3. The van der Waals surface area contributed by atoms with Crippen molar-refractivity contribution < 1.29 is 4.79 Å². The second-order valence-electron chi connectivity index (χ2n) is 7.87. The lowest BCUT2D eigenvalue weighted by molar-refractivity contribution is -0.131. The zero-order chi connectivity index (χ0) is 17.6. The van der Waals surface area contributed by atoms with Crippen molar-refractivity contribution in [2.24, 2.45) is 11.3 Å². The molecule has 2 aromatic heterocycles. The van der Waals surface area contributed by atoms with E-state index in [0.29, 0.717) is 5.78 Å². The van der Waals surface area contributed by atoms with Crippen LogP contribution in [0, 0.1) is 18.3 Å². The predicted molar refractivity (Wildman–Crippen MR) is 99.4 cm³/mol. The van der Waals surface area contributed by atoms with Gasteiger partial charge in [0.25, 0.3) is 0 Å². The normalized spacial score (nSPS) is 22.2. The van der Waals surface area contributed by atoms with Crippen LogP contribution in [0.5, 0.6) is 0 Å². The first-order valence-electron chi connectivity index (χ1n) is 8.50. The molecule has 2 atom stereocenters. The summed E-state index contributed by atoms with van der Waals surface area (Å²) in [5, 5.41) is 4.34. The molecule has 0 radical (unpaired) electrons. The van der Waals surface area contributed by atoms with Gasteiger partial charge in [-0.15, -0.1) is 0 Å². The highest BCUT2D eigenvalue weighted by Crippen LogP contribution is 2.35. The van der Waals surface area contributed by atoms with E-state index in [1.54, 1.807) is 6.33 Å². The van der Waals surface area contributed by atoms with E-state index in [1.165, 1.54) is 0 Å². The summed E-state index contributed by atoms with van der Waals surface area (Å²) in [6.07, 6.45) is 3.37. The predicted octanol–water partition coefficient (Wildman–Crippen LogP) is 4.02. The Morgan fingerprint density at radius 3 is 2.71 bits per heavy atom. The summed E-state index contributed by atoms with van der Waals surface area (Å²) in [7, 11) is 0. The van der Waals surface area contributed by atoms with Gasteiger partial charge in [-0.25, -0.2) is 9.50 Å². The minimum absolute atomic E-state index is 0.147. The van der Waals surface area contributed by atoms with E-state index in [9.17, 15) is 4.79 Å². The van der Waals surface area contributed by atoms with Crippen molar-refractivity contribution in [2.75, 3.05) is 11.4 Å². The second-order valence-corrected chi connectivity index (χ2v) is 8.68. The van der Waals surface area contributed by atoms with Crippen LogP contribution in [0.3, 0.4) is 0 Å². The molecule has 0 aromatic carbocycles. The molecule has 3 rings (SSSR count). The highest BCUT2D eigenvalue weighted by Gasteiger charge is 2.36. The molecule has 1 aliphatic heterocycles. The van der Waals surface area contributed by atoms with E-state index in [1.807, 2.05) is 25.3 Å². The largest absolute Gasteiger partial charge is 0.352 e. The van der Waals surface area contributed by atoms with Crippen LogP contribution in [0.25, 0.3) is 5.52 Å². The maximum absolute atomic E-state index is 12.6. The molecule has 0 N–H and O–H groups in total. The van der Waals surface area contributed by atoms with Crippen molar-refractivity contribution in [3.63, 3.8) is 0 Å². The number of carbonyl (C=O) groups excluding carboxylic acids is 1. The third-order valence-corrected chi connectivity index (χ3v) is 5.51. The Labute approximate surface area is 151 Å². The average molecular weight is 393 g/mol. The Balaban J connectivity index is 1.90.